The van der Waals surface area contributed by atoms with Crippen LogP contribution in [0.15, 0.2) is 36.7 Å². The molecule has 0 amide bonds. The Balaban J connectivity index is 2.18. The highest BCUT2D eigenvalue weighted by atomic mass is 16.3. The summed E-state index contributed by atoms with van der Waals surface area (Å²) in [5.41, 5.74) is 1.16. The van der Waals surface area contributed by atoms with Crippen LogP contribution in [-0.4, -0.2) is 14.7 Å². The van der Waals surface area contributed by atoms with Crippen molar-refractivity contribution in [2.45, 2.75) is 19.9 Å². The fraction of sp³-hybridized carbons (Fsp3) is 0.250. The van der Waals surface area contributed by atoms with Gasteiger partial charge in [0, 0.05) is 25.4 Å². The molecule has 0 aliphatic rings. The molecule has 0 aliphatic carbocycles. The van der Waals surface area contributed by atoms with Gasteiger partial charge in [-0.25, -0.2) is 4.98 Å². The number of aryl methyl sites for hydroxylation is 1. The van der Waals surface area contributed by atoms with Crippen molar-refractivity contribution in [2.24, 2.45) is 0 Å². The van der Waals surface area contributed by atoms with Crippen molar-refractivity contribution in [3.05, 3.63) is 48.0 Å². The molecule has 0 radical (unpaired) electrons. The molecule has 1 heterocycles. The molecule has 2 rings (SSSR count). The summed E-state index contributed by atoms with van der Waals surface area (Å²) in [6.07, 6.45) is 4.61. The van der Waals surface area contributed by atoms with Crippen molar-refractivity contribution in [2.75, 3.05) is 0 Å². The summed E-state index contributed by atoms with van der Waals surface area (Å²) in [5, 5.41) is 9.16. The lowest BCUT2D eigenvalue weighted by atomic mass is 10.1. The molecule has 0 saturated heterocycles. The number of nitrogens with zero attached hydrogens (tertiary/aromatic N) is 2. The normalized spacial score (nSPS) is 10.5. The van der Waals surface area contributed by atoms with Gasteiger partial charge in [-0.15, -0.1) is 0 Å². The van der Waals surface area contributed by atoms with E-state index in [0.29, 0.717) is 5.75 Å². The summed E-state index contributed by atoms with van der Waals surface area (Å²) in [6, 6.07) is 7.25. The number of phenolic OH excluding ortho intramolecular Hbond substituents is 1. The monoisotopic (exact) mass is 202 g/mol. The predicted octanol–water partition coefficient (Wildman–Crippen LogP) is 2.20. The number of benzene rings is 1. The fourth-order valence-corrected chi connectivity index (χ4v) is 1.59. The second-order valence-corrected chi connectivity index (χ2v) is 3.47. The van der Waals surface area contributed by atoms with E-state index in [1.807, 2.05) is 24.5 Å². The molecule has 3 nitrogen and oxygen atoms in total. The highest BCUT2D eigenvalue weighted by Gasteiger charge is 2.02. The van der Waals surface area contributed by atoms with Crippen LogP contribution in [0.2, 0.25) is 0 Å². The van der Waals surface area contributed by atoms with Crippen molar-refractivity contribution in [1.29, 1.82) is 0 Å². The smallest absolute Gasteiger partial charge is 0.115 e. The zero-order valence-corrected chi connectivity index (χ0v) is 8.72. The summed E-state index contributed by atoms with van der Waals surface area (Å²) in [6.45, 7) is 3.04. The highest BCUT2D eigenvalue weighted by Crippen LogP contribution is 2.12. The van der Waals surface area contributed by atoms with Gasteiger partial charge in [-0.05, 0) is 24.6 Å². The number of hydrogen-bond donors (Lipinski definition) is 1. The van der Waals surface area contributed by atoms with E-state index in [9.17, 15) is 0 Å². The average molecular weight is 202 g/mol. The largest absolute Gasteiger partial charge is 0.508 e. The molecule has 0 bridgehead atoms. The molecule has 2 aromatic rings. The summed E-state index contributed by atoms with van der Waals surface area (Å²) in [5.74, 6) is 1.36. The third-order valence-corrected chi connectivity index (χ3v) is 2.44. The standard InChI is InChI=1S/C12H14N2O/c1-2-14-8-7-13-12(14)9-10-3-5-11(15)6-4-10/h3-8,15H,2,9H2,1H3. The van der Waals surface area contributed by atoms with Gasteiger partial charge >= 0.3 is 0 Å². The number of aromatic nitrogens is 2. The average Bonchev–Trinajstić information content (AvgIpc) is 2.69. The minimum absolute atomic E-state index is 0.303. The first-order valence-electron chi connectivity index (χ1n) is 5.07. The Kier molecular flexibility index (Phi) is 2.72. The van der Waals surface area contributed by atoms with Crippen molar-refractivity contribution in [3.8, 4) is 5.75 Å². The number of phenols is 1. The molecule has 0 unspecified atom stereocenters. The molecule has 15 heavy (non-hydrogen) atoms. The summed E-state index contributed by atoms with van der Waals surface area (Å²) < 4.78 is 2.12. The Morgan fingerprint density at radius 2 is 2.00 bits per heavy atom. The van der Waals surface area contributed by atoms with Crippen molar-refractivity contribution >= 4 is 0 Å². The first-order chi connectivity index (χ1) is 7.29. The summed E-state index contributed by atoms with van der Waals surface area (Å²) >= 11 is 0. The highest BCUT2D eigenvalue weighted by molar-refractivity contribution is 5.27. The molecule has 1 aromatic carbocycles. The van der Waals surface area contributed by atoms with E-state index in [-0.39, 0.29) is 0 Å². The van der Waals surface area contributed by atoms with Crippen LogP contribution in [0.1, 0.15) is 18.3 Å². The van der Waals surface area contributed by atoms with Gasteiger partial charge in [0.05, 0.1) is 0 Å². The number of rotatable bonds is 3. The number of imidazole rings is 1. The number of hydrogen-bond acceptors (Lipinski definition) is 2. The fourth-order valence-electron chi connectivity index (χ4n) is 1.59. The quantitative estimate of drug-likeness (QED) is 0.828. The van der Waals surface area contributed by atoms with Crippen LogP contribution < -0.4 is 0 Å². The van der Waals surface area contributed by atoms with Crippen LogP contribution in [0.25, 0.3) is 0 Å². The predicted molar refractivity (Wildman–Crippen MR) is 58.8 cm³/mol. The number of aromatic hydroxyl groups is 1. The Bertz CT molecular complexity index is 431. The lowest BCUT2D eigenvalue weighted by Crippen LogP contribution is -2.01. The molecular weight excluding hydrogens is 188 g/mol. The van der Waals surface area contributed by atoms with Crippen molar-refractivity contribution < 1.29 is 5.11 Å². The minimum Gasteiger partial charge on any atom is -0.508 e. The third kappa shape index (κ3) is 2.18. The van der Waals surface area contributed by atoms with Crippen LogP contribution in [0.3, 0.4) is 0 Å². The van der Waals surface area contributed by atoms with E-state index in [1.54, 1.807) is 12.1 Å². The first-order valence-corrected chi connectivity index (χ1v) is 5.07. The van der Waals surface area contributed by atoms with Crippen LogP contribution in [0.5, 0.6) is 5.75 Å². The maximum Gasteiger partial charge on any atom is 0.115 e. The van der Waals surface area contributed by atoms with E-state index >= 15 is 0 Å². The van der Waals surface area contributed by atoms with Crippen LogP contribution in [-0.2, 0) is 13.0 Å². The van der Waals surface area contributed by atoms with Gasteiger partial charge < -0.3 is 9.67 Å². The maximum atomic E-state index is 9.16. The van der Waals surface area contributed by atoms with Gasteiger partial charge in [0.1, 0.15) is 11.6 Å². The Hall–Kier alpha value is -1.77. The van der Waals surface area contributed by atoms with Gasteiger partial charge in [-0.3, -0.25) is 0 Å². The first kappa shape index (κ1) is 9.77. The molecule has 0 spiro atoms. The van der Waals surface area contributed by atoms with Crippen LogP contribution in [0.4, 0.5) is 0 Å². The molecule has 0 aliphatic heterocycles. The third-order valence-electron chi connectivity index (χ3n) is 2.44. The molecule has 3 heteroatoms. The summed E-state index contributed by atoms with van der Waals surface area (Å²) in [4.78, 5) is 4.31. The van der Waals surface area contributed by atoms with Gasteiger partial charge in [0.15, 0.2) is 0 Å². The lowest BCUT2D eigenvalue weighted by Gasteiger charge is -2.04. The van der Waals surface area contributed by atoms with Gasteiger partial charge in [0.2, 0.25) is 0 Å². The van der Waals surface area contributed by atoms with Gasteiger partial charge in [-0.1, -0.05) is 12.1 Å². The summed E-state index contributed by atoms with van der Waals surface area (Å²) in [7, 11) is 0. The molecule has 78 valence electrons. The SMILES string of the molecule is CCn1ccnc1Cc1ccc(O)cc1. The van der Waals surface area contributed by atoms with E-state index in [2.05, 4.69) is 16.5 Å². The maximum absolute atomic E-state index is 9.16. The van der Waals surface area contributed by atoms with Crippen molar-refractivity contribution in [1.82, 2.24) is 9.55 Å². The topological polar surface area (TPSA) is 38.0 Å². The molecule has 0 saturated carbocycles. The van der Waals surface area contributed by atoms with Crippen LogP contribution in [0, 0.1) is 0 Å². The second-order valence-electron chi connectivity index (χ2n) is 3.47. The van der Waals surface area contributed by atoms with Crippen LogP contribution >= 0.6 is 0 Å². The van der Waals surface area contributed by atoms with Gasteiger partial charge in [-0.2, -0.15) is 0 Å². The Morgan fingerprint density at radius 1 is 1.27 bits per heavy atom. The van der Waals surface area contributed by atoms with E-state index < -0.39 is 0 Å². The molecule has 1 N–H and O–H groups in total. The molecular formula is C12H14N2O. The zero-order valence-electron chi connectivity index (χ0n) is 8.72. The molecule has 0 atom stereocenters. The van der Waals surface area contributed by atoms with E-state index in [1.165, 1.54) is 0 Å². The van der Waals surface area contributed by atoms with E-state index in [0.717, 1.165) is 24.4 Å². The minimum atomic E-state index is 0.303. The van der Waals surface area contributed by atoms with Crippen molar-refractivity contribution in [3.63, 3.8) is 0 Å². The van der Waals surface area contributed by atoms with E-state index in [4.69, 9.17) is 5.11 Å². The Labute approximate surface area is 89.0 Å². The Morgan fingerprint density at radius 3 is 2.67 bits per heavy atom. The van der Waals surface area contributed by atoms with Gasteiger partial charge in [0.25, 0.3) is 0 Å². The molecule has 1 aromatic heterocycles. The zero-order chi connectivity index (χ0) is 10.7. The lowest BCUT2D eigenvalue weighted by molar-refractivity contribution is 0.475. The molecule has 0 fully saturated rings. The second kappa shape index (κ2) is 4.17.